The molecule has 2 N–H and O–H groups in total. The summed E-state index contributed by atoms with van der Waals surface area (Å²) in [7, 11) is -3.81. The molecule has 29 heavy (non-hydrogen) atoms. The monoisotopic (exact) mass is 492 g/mol. The summed E-state index contributed by atoms with van der Waals surface area (Å²) in [6, 6.07) is 15.2. The third-order valence-corrected chi connectivity index (χ3v) is 6.70. The molecule has 0 aliphatic rings. The van der Waals surface area contributed by atoms with Gasteiger partial charge in [-0.2, -0.15) is 0 Å². The molecule has 1 aromatic heterocycles. The van der Waals surface area contributed by atoms with Crippen LogP contribution in [0.5, 0.6) is 0 Å². The number of halogens is 1. The van der Waals surface area contributed by atoms with E-state index in [4.69, 9.17) is 0 Å². The highest BCUT2D eigenvalue weighted by Gasteiger charge is 2.17. The standard InChI is InChI=1S/C19H17BrN4O3S2/c1-13(28-16-7-3-14(20)4-8-16)18(25)23-15-5-9-17(10-6-15)29(26,27)24-19-21-11-2-12-22-19/h2-13H,1H3,(H,23,25)(H,21,22,24). The average molecular weight is 493 g/mol. The van der Waals surface area contributed by atoms with Crippen LogP contribution in [0.1, 0.15) is 6.92 Å². The van der Waals surface area contributed by atoms with Gasteiger partial charge in [0.15, 0.2) is 0 Å². The van der Waals surface area contributed by atoms with E-state index in [2.05, 4.69) is 35.9 Å². The molecule has 1 unspecified atom stereocenters. The third-order valence-electron chi connectivity index (χ3n) is 3.72. The van der Waals surface area contributed by atoms with E-state index >= 15 is 0 Å². The van der Waals surface area contributed by atoms with Crippen molar-refractivity contribution in [2.75, 3.05) is 10.0 Å². The van der Waals surface area contributed by atoms with Gasteiger partial charge in [0.25, 0.3) is 10.0 Å². The summed E-state index contributed by atoms with van der Waals surface area (Å²) < 4.78 is 28.0. The van der Waals surface area contributed by atoms with Crippen molar-refractivity contribution in [3.05, 3.63) is 71.5 Å². The van der Waals surface area contributed by atoms with E-state index < -0.39 is 10.0 Å². The number of sulfonamides is 1. The lowest BCUT2D eigenvalue weighted by Crippen LogP contribution is -2.22. The van der Waals surface area contributed by atoms with Gasteiger partial charge in [0.2, 0.25) is 11.9 Å². The molecule has 150 valence electrons. The zero-order valence-corrected chi connectivity index (χ0v) is 18.5. The van der Waals surface area contributed by atoms with Crippen LogP contribution in [0.4, 0.5) is 11.6 Å². The highest BCUT2D eigenvalue weighted by molar-refractivity contribution is 9.10. The number of nitrogens with zero attached hydrogens (tertiary/aromatic N) is 2. The molecule has 10 heteroatoms. The fourth-order valence-corrected chi connectivity index (χ4v) is 4.35. The maximum atomic E-state index is 12.4. The van der Waals surface area contributed by atoms with Crippen LogP contribution in [0.15, 0.2) is 81.3 Å². The van der Waals surface area contributed by atoms with E-state index in [0.717, 1.165) is 9.37 Å². The molecule has 0 aliphatic heterocycles. The van der Waals surface area contributed by atoms with Gasteiger partial charge in [0, 0.05) is 27.4 Å². The molecule has 0 fully saturated rings. The van der Waals surface area contributed by atoms with Gasteiger partial charge >= 0.3 is 0 Å². The van der Waals surface area contributed by atoms with Crippen LogP contribution in [0, 0.1) is 0 Å². The van der Waals surface area contributed by atoms with Crippen LogP contribution < -0.4 is 10.0 Å². The van der Waals surface area contributed by atoms with E-state index in [-0.39, 0.29) is 22.0 Å². The maximum absolute atomic E-state index is 12.4. The fourth-order valence-electron chi connectivity index (χ4n) is 2.26. The number of carbonyl (C=O) groups excluding carboxylic acids is 1. The van der Waals surface area contributed by atoms with Crippen LogP contribution in [0.3, 0.4) is 0 Å². The molecule has 1 atom stereocenters. The van der Waals surface area contributed by atoms with Crippen LogP contribution >= 0.6 is 27.7 Å². The molecular formula is C19H17BrN4O3S2. The van der Waals surface area contributed by atoms with Gasteiger partial charge in [-0.15, -0.1) is 11.8 Å². The summed E-state index contributed by atoms with van der Waals surface area (Å²) in [5, 5.41) is 2.47. The van der Waals surface area contributed by atoms with Crippen molar-refractivity contribution < 1.29 is 13.2 Å². The minimum atomic E-state index is -3.81. The van der Waals surface area contributed by atoms with Gasteiger partial charge in [-0.3, -0.25) is 4.79 Å². The molecule has 3 aromatic rings. The number of carbonyl (C=O) groups is 1. The number of rotatable bonds is 7. The molecule has 3 rings (SSSR count). The molecule has 1 heterocycles. The molecule has 1 amide bonds. The Morgan fingerprint density at radius 3 is 2.28 bits per heavy atom. The van der Waals surface area contributed by atoms with Crippen molar-refractivity contribution in [3.63, 3.8) is 0 Å². The highest BCUT2D eigenvalue weighted by atomic mass is 79.9. The van der Waals surface area contributed by atoms with E-state index in [0.29, 0.717) is 5.69 Å². The minimum Gasteiger partial charge on any atom is -0.325 e. The van der Waals surface area contributed by atoms with Gasteiger partial charge in [-0.05, 0) is 61.5 Å². The second kappa shape index (κ2) is 9.38. The maximum Gasteiger partial charge on any atom is 0.264 e. The minimum absolute atomic E-state index is 0.0105. The SMILES string of the molecule is CC(Sc1ccc(Br)cc1)C(=O)Nc1ccc(S(=O)(=O)Nc2ncccn2)cc1. The summed E-state index contributed by atoms with van der Waals surface area (Å²) >= 11 is 4.82. The van der Waals surface area contributed by atoms with Crippen LogP contribution in [-0.4, -0.2) is 29.5 Å². The van der Waals surface area contributed by atoms with Gasteiger partial charge in [-0.1, -0.05) is 15.9 Å². The molecule has 0 saturated carbocycles. The number of thioether (sulfide) groups is 1. The summed E-state index contributed by atoms with van der Waals surface area (Å²) in [6.45, 7) is 1.81. The number of hydrogen-bond donors (Lipinski definition) is 2. The zero-order chi connectivity index (χ0) is 20.9. The largest absolute Gasteiger partial charge is 0.325 e. The molecule has 0 spiro atoms. The average Bonchev–Trinajstić information content (AvgIpc) is 2.70. The Morgan fingerprint density at radius 1 is 1.03 bits per heavy atom. The molecule has 0 aliphatic carbocycles. The molecule has 0 saturated heterocycles. The molecular weight excluding hydrogens is 476 g/mol. The number of aromatic nitrogens is 2. The number of nitrogens with one attached hydrogen (secondary N) is 2. The lowest BCUT2D eigenvalue weighted by atomic mass is 10.3. The zero-order valence-electron chi connectivity index (χ0n) is 15.2. The third kappa shape index (κ3) is 6.02. The van der Waals surface area contributed by atoms with Crippen molar-refractivity contribution in [1.82, 2.24) is 9.97 Å². The second-order valence-electron chi connectivity index (χ2n) is 5.91. The molecule has 0 radical (unpaired) electrons. The first-order chi connectivity index (χ1) is 13.8. The van der Waals surface area contributed by atoms with E-state index in [9.17, 15) is 13.2 Å². The van der Waals surface area contributed by atoms with Gasteiger partial charge < -0.3 is 5.32 Å². The summed E-state index contributed by atoms with van der Waals surface area (Å²) in [5.74, 6) is -0.187. The Labute approximate surface area is 181 Å². The van der Waals surface area contributed by atoms with Crippen molar-refractivity contribution in [2.24, 2.45) is 0 Å². The predicted octanol–water partition coefficient (Wildman–Crippen LogP) is 4.16. The molecule has 2 aromatic carbocycles. The van der Waals surface area contributed by atoms with Gasteiger partial charge in [0.1, 0.15) is 0 Å². The number of anilines is 2. The first-order valence-electron chi connectivity index (χ1n) is 8.46. The fraction of sp³-hybridized carbons (Fsp3) is 0.105. The Kier molecular flexibility index (Phi) is 6.88. The van der Waals surface area contributed by atoms with Gasteiger partial charge in [-0.25, -0.2) is 23.1 Å². The van der Waals surface area contributed by atoms with Crippen molar-refractivity contribution >= 4 is 55.3 Å². The molecule has 0 bridgehead atoms. The molecule has 7 nitrogen and oxygen atoms in total. The topological polar surface area (TPSA) is 101 Å². The van der Waals surface area contributed by atoms with Gasteiger partial charge in [0.05, 0.1) is 10.1 Å². The van der Waals surface area contributed by atoms with E-state index in [1.807, 2.05) is 31.2 Å². The normalized spacial score (nSPS) is 12.2. The first kappa shape index (κ1) is 21.3. The van der Waals surface area contributed by atoms with E-state index in [1.165, 1.54) is 48.4 Å². The van der Waals surface area contributed by atoms with Crippen LogP contribution in [0.25, 0.3) is 0 Å². The predicted molar refractivity (Wildman–Crippen MR) is 117 cm³/mol. The number of amides is 1. The van der Waals surface area contributed by atoms with Crippen molar-refractivity contribution in [3.8, 4) is 0 Å². The van der Waals surface area contributed by atoms with E-state index in [1.54, 1.807) is 6.07 Å². The smallest absolute Gasteiger partial charge is 0.264 e. The lowest BCUT2D eigenvalue weighted by Gasteiger charge is -2.13. The number of hydrogen-bond acceptors (Lipinski definition) is 6. The Morgan fingerprint density at radius 2 is 1.66 bits per heavy atom. The lowest BCUT2D eigenvalue weighted by molar-refractivity contribution is -0.115. The highest BCUT2D eigenvalue weighted by Crippen LogP contribution is 2.26. The Hall–Kier alpha value is -2.43. The van der Waals surface area contributed by atoms with Crippen LogP contribution in [-0.2, 0) is 14.8 Å². The summed E-state index contributed by atoms with van der Waals surface area (Å²) in [4.78, 5) is 21.1. The van der Waals surface area contributed by atoms with Crippen molar-refractivity contribution in [1.29, 1.82) is 0 Å². The first-order valence-corrected chi connectivity index (χ1v) is 11.6. The number of benzene rings is 2. The summed E-state index contributed by atoms with van der Waals surface area (Å²) in [6.07, 6.45) is 2.88. The summed E-state index contributed by atoms with van der Waals surface area (Å²) in [5.41, 5.74) is 0.508. The van der Waals surface area contributed by atoms with Crippen LogP contribution in [0.2, 0.25) is 0 Å². The second-order valence-corrected chi connectivity index (χ2v) is 9.92. The quantitative estimate of drug-likeness (QED) is 0.480. The Balaban J connectivity index is 1.62. The van der Waals surface area contributed by atoms with Crippen molar-refractivity contribution in [2.45, 2.75) is 22.0 Å². The Bertz CT molecular complexity index is 1080.